The van der Waals surface area contributed by atoms with Crippen LogP contribution in [-0.4, -0.2) is 39.3 Å². The highest BCUT2D eigenvalue weighted by Gasteiger charge is 2.29. The van der Waals surface area contributed by atoms with Crippen molar-refractivity contribution < 1.29 is 8.42 Å². The highest BCUT2D eigenvalue weighted by Crippen LogP contribution is 2.22. The number of amidine groups is 1. The van der Waals surface area contributed by atoms with E-state index in [0.29, 0.717) is 22.8 Å². The molecule has 0 fully saturated rings. The minimum atomic E-state index is -3.44. The highest BCUT2D eigenvalue weighted by atomic mass is 32.2. The van der Waals surface area contributed by atoms with Gasteiger partial charge in [-0.2, -0.15) is 0 Å². The summed E-state index contributed by atoms with van der Waals surface area (Å²) in [6, 6.07) is 17.3. The number of hydrogen-bond donors (Lipinski definition) is 1. The Morgan fingerprint density at radius 3 is 2.54 bits per heavy atom. The van der Waals surface area contributed by atoms with Gasteiger partial charge in [0.1, 0.15) is 5.84 Å². The van der Waals surface area contributed by atoms with Crippen molar-refractivity contribution in [2.75, 3.05) is 20.1 Å². The molecule has 1 heterocycles. The first kappa shape index (κ1) is 16.7. The molecule has 24 heavy (non-hydrogen) atoms. The predicted octanol–water partition coefficient (Wildman–Crippen LogP) is 2.25. The van der Waals surface area contributed by atoms with Crippen molar-refractivity contribution in [2.24, 2.45) is 4.99 Å². The molecule has 5 nitrogen and oxygen atoms in total. The zero-order valence-electron chi connectivity index (χ0n) is 13.6. The van der Waals surface area contributed by atoms with E-state index in [9.17, 15) is 8.42 Å². The molecule has 0 atom stereocenters. The average molecular weight is 343 g/mol. The Morgan fingerprint density at radius 2 is 1.75 bits per heavy atom. The first-order chi connectivity index (χ1) is 11.6. The van der Waals surface area contributed by atoms with Gasteiger partial charge < -0.3 is 4.90 Å². The normalized spacial score (nSPS) is 17.0. The van der Waals surface area contributed by atoms with Crippen LogP contribution >= 0.6 is 0 Å². The Morgan fingerprint density at radius 1 is 1.04 bits per heavy atom. The van der Waals surface area contributed by atoms with Gasteiger partial charge in [0.05, 0.1) is 4.90 Å². The maximum atomic E-state index is 12.0. The van der Waals surface area contributed by atoms with Crippen LogP contribution in [0.3, 0.4) is 0 Å². The van der Waals surface area contributed by atoms with Crippen LogP contribution in [0, 0.1) is 0 Å². The second kappa shape index (κ2) is 7.15. The van der Waals surface area contributed by atoms with Gasteiger partial charge in [-0.15, -0.1) is 0 Å². The van der Waals surface area contributed by atoms with Crippen LogP contribution in [0.15, 0.2) is 64.5 Å². The lowest BCUT2D eigenvalue weighted by molar-refractivity contribution is 0.324. The first-order valence-electron chi connectivity index (χ1n) is 7.95. The SMILES string of the molecule is CN(CCCN=C1NS(=O)(=O)c2ccccc21)Cc1ccccc1. The largest absolute Gasteiger partial charge is 0.302 e. The van der Waals surface area contributed by atoms with E-state index in [0.717, 1.165) is 19.5 Å². The fourth-order valence-corrected chi connectivity index (χ4v) is 4.01. The molecule has 0 saturated carbocycles. The van der Waals surface area contributed by atoms with Crippen molar-refractivity contribution in [1.29, 1.82) is 0 Å². The molecule has 0 aliphatic carbocycles. The van der Waals surface area contributed by atoms with Crippen molar-refractivity contribution in [3.63, 3.8) is 0 Å². The van der Waals surface area contributed by atoms with Crippen molar-refractivity contribution in [1.82, 2.24) is 9.62 Å². The Hall–Kier alpha value is -2.18. The van der Waals surface area contributed by atoms with E-state index in [2.05, 4.69) is 33.8 Å². The summed E-state index contributed by atoms with van der Waals surface area (Å²) >= 11 is 0. The average Bonchev–Trinajstić information content (AvgIpc) is 2.84. The first-order valence-corrected chi connectivity index (χ1v) is 9.44. The van der Waals surface area contributed by atoms with E-state index in [1.807, 2.05) is 24.3 Å². The molecule has 3 rings (SSSR count). The highest BCUT2D eigenvalue weighted by molar-refractivity contribution is 7.90. The topological polar surface area (TPSA) is 61.8 Å². The lowest BCUT2D eigenvalue weighted by Crippen LogP contribution is -2.23. The van der Waals surface area contributed by atoms with Crippen LogP contribution in [0.2, 0.25) is 0 Å². The Bertz CT molecular complexity index is 832. The van der Waals surface area contributed by atoms with E-state index in [4.69, 9.17) is 0 Å². The maximum absolute atomic E-state index is 12.0. The standard InChI is InChI=1S/C18H21N3O2S/c1-21(14-15-8-3-2-4-9-15)13-7-12-19-18-16-10-5-6-11-17(16)24(22,23)20-18/h2-6,8-11H,7,12-14H2,1H3,(H,19,20). The molecule has 0 amide bonds. The Labute approximate surface area is 143 Å². The second-order valence-corrected chi connectivity index (χ2v) is 7.56. The van der Waals surface area contributed by atoms with E-state index >= 15 is 0 Å². The third-order valence-electron chi connectivity index (χ3n) is 3.93. The molecule has 0 radical (unpaired) electrons. The van der Waals surface area contributed by atoms with E-state index in [-0.39, 0.29) is 0 Å². The van der Waals surface area contributed by atoms with Gasteiger partial charge in [0.25, 0.3) is 10.0 Å². The number of benzene rings is 2. The van der Waals surface area contributed by atoms with Gasteiger partial charge in [0.2, 0.25) is 0 Å². The van der Waals surface area contributed by atoms with Gasteiger partial charge in [-0.05, 0) is 37.7 Å². The second-order valence-electron chi connectivity index (χ2n) is 5.91. The van der Waals surface area contributed by atoms with Crippen LogP contribution in [0.4, 0.5) is 0 Å². The van der Waals surface area contributed by atoms with Crippen LogP contribution < -0.4 is 4.72 Å². The van der Waals surface area contributed by atoms with Crippen molar-refractivity contribution in [3.8, 4) is 0 Å². The summed E-state index contributed by atoms with van der Waals surface area (Å²) in [6.45, 7) is 2.39. The molecular formula is C18H21N3O2S. The summed E-state index contributed by atoms with van der Waals surface area (Å²) in [7, 11) is -1.36. The molecule has 1 aliphatic heterocycles. The fourth-order valence-electron chi connectivity index (χ4n) is 2.76. The number of hydrogen-bond acceptors (Lipinski definition) is 4. The van der Waals surface area contributed by atoms with Gasteiger partial charge in [0.15, 0.2) is 0 Å². The molecule has 6 heteroatoms. The van der Waals surface area contributed by atoms with E-state index in [1.165, 1.54) is 5.56 Å². The zero-order valence-corrected chi connectivity index (χ0v) is 14.5. The van der Waals surface area contributed by atoms with Crippen LogP contribution in [-0.2, 0) is 16.6 Å². The molecule has 2 aromatic rings. The smallest absolute Gasteiger partial charge is 0.263 e. The third-order valence-corrected chi connectivity index (χ3v) is 5.32. The molecule has 0 bridgehead atoms. The number of aliphatic imine (C=N–C) groups is 1. The molecule has 0 saturated heterocycles. The van der Waals surface area contributed by atoms with Crippen LogP contribution in [0.1, 0.15) is 17.5 Å². The van der Waals surface area contributed by atoms with Crippen LogP contribution in [0.5, 0.6) is 0 Å². The summed E-state index contributed by atoms with van der Waals surface area (Å²) in [4.78, 5) is 6.99. The Balaban J connectivity index is 1.54. The lowest BCUT2D eigenvalue weighted by atomic mass is 10.2. The molecule has 1 N–H and O–H groups in total. The van der Waals surface area contributed by atoms with Crippen molar-refractivity contribution in [3.05, 3.63) is 65.7 Å². The quantitative estimate of drug-likeness (QED) is 0.818. The molecule has 1 aliphatic rings. The number of nitrogens with one attached hydrogen (secondary N) is 1. The minimum Gasteiger partial charge on any atom is -0.302 e. The van der Waals surface area contributed by atoms with Gasteiger partial charge in [-0.1, -0.05) is 42.5 Å². The van der Waals surface area contributed by atoms with Gasteiger partial charge in [-0.25, -0.2) is 8.42 Å². The monoisotopic (exact) mass is 343 g/mol. The Kier molecular flexibility index (Phi) is 4.97. The summed E-state index contributed by atoms with van der Waals surface area (Å²) in [5.74, 6) is 0.455. The molecular weight excluding hydrogens is 322 g/mol. The summed E-state index contributed by atoms with van der Waals surface area (Å²) < 4.78 is 26.5. The summed E-state index contributed by atoms with van der Waals surface area (Å²) in [5.41, 5.74) is 1.94. The van der Waals surface area contributed by atoms with Gasteiger partial charge >= 0.3 is 0 Å². The molecule has 0 spiro atoms. The van der Waals surface area contributed by atoms with Crippen LogP contribution in [0.25, 0.3) is 0 Å². The molecule has 0 unspecified atom stereocenters. The number of nitrogens with zero attached hydrogens (tertiary/aromatic N) is 2. The van der Waals surface area contributed by atoms with Gasteiger partial charge in [0, 0.05) is 18.7 Å². The summed E-state index contributed by atoms with van der Waals surface area (Å²) in [6.07, 6.45) is 0.872. The predicted molar refractivity (Wildman–Crippen MR) is 95.6 cm³/mol. The molecule has 2 aromatic carbocycles. The van der Waals surface area contributed by atoms with Crippen molar-refractivity contribution in [2.45, 2.75) is 17.9 Å². The van der Waals surface area contributed by atoms with E-state index < -0.39 is 10.0 Å². The third kappa shape index (κ3) is 3.83. The van der Waals surface area contributed by atoms with Gasteiger partial charge in [-0.3, -0.25) is 9.71 Å². The zero-order chi connectivity index (χ0) is 17.0. The fraction of sp³-hybridized carbons (Fsp3) is 0.278. The minimum absolute atomic E-state index is 0.310. The number of fused-ring (bicyclic) bond motifs is 1. The van der Waals surface area contributed by atoms with Crippen molar-refractivity contribution >= 4 is 15.9 Å². The maximum Gasteiger partial charge on any atom is 0.263 e. The lowest BCUT2D eigenvalue weighted by Gasteiger charge is -2.15. The molecule has 0 aromatic heterocycles. The summed E-state index contributed by atoms with van der Waals surface area (Å²) in [5, 5.41) is 0. The number of rotatable bonds is 6. The molecule has 126 valence electrons. The van der Waals surface area contributed by atoms with E-state index in [1.54, 1.807) is 18.2 Å². The number of sulfonamides is 1.